The number of aromatic nitrogens is 1. The SMILES string of the molecule is COC(OC)c1nc2c(cc1CO[Si](C)(C)C(C)(C)C)CCC(c1ccccc1)=N2. The Morgan fingerprint density at radius 1 is 1.03 bits per heavy atom. The zero-order valence-electron chi connectivity index (χ0n) is 19.3. The van der Waals surface area contributed by atoms with Crippen molar-refractivity contribution in [2.75, 3.05) is 14.2 Å². The van der Waals surface area contributed by atoms with Crippen molar-refractivity contribution in [3.63, 3.8) is 0 Å². The Labute approximate surface area is 181 Å². The zero-order chi connectivity index (χ0) is 21.9. The number of pyridine rings is 1. The van der Waals surface area contributed by atoms with Gasteiger partial charge in [-0.1, -0.05) is 51.1 Å². The monoisotopic (exact) mass is 426 g/mol. The molecule has 0 saturated carbocycles. The molecule has 2 heterocycles. The van der Waals surface area contributed by atoms with Crippen molar-refractivity contribution >= 4 is 19.8 Å². The third-order valence-corrected chi connectivity index (χ3v) is 10.7. The van der Waals surface area contributed by atoms with Crippen LogP contribution in [0.5, 0.6) is 0 Å². The van der Waals surface area contributed by atoms with Crippen LogP contribution in [0.2, 0.25) is 18.1 Å². The van der Waals surface area contributed by atoms with Gasteiger partial charge in [-0.3, -0.25) is 0 Å². The van der Waals surface area contributed by atoms with E-state index < -0.39 is 14.6 Å². The van der Waals surface area contributed by atoms with E-state index in [1.807, 2.05) is 18.2 Å². The van der Waals surface area contributed by atoms with Crippen LogP contribution in [0.3, 0.4) is 0 Å². The van der Waals surface area contributed by atoms with Gasteiger partial charge in [-0.15, -0.1) is 0 Å². The van der Waals surface area contributed by atoms with Crippen molar-refractivity contribution in [3.8, 4) is 0 Å². The molecule has 1 aliphatic heterocycles. The predicted octanol–water partition coefficient (Wildman–Crippen LogP) is 5.96. The van der Waals surface area contributed by atoms with Gasteiger partial charge < -0.3 is 13.9 Å². The van der Waals surface area contributed by atoms with Crippen LogP contribution < -0.4 is 0 Å². The molecule has 1 aromatic heterocycles. The summed E-state index contributed by atoms with van der Waals surface area (Å²) in [6, 6.07) is 12.5. The van der Waals surface area contributed by atoms with Crippen molar-refractivity contribution in [2.24, 2.45) is 4.99 Å². The van der Waals surface area contributed by atoms with E-state index >= 15 is 0 Å². The number of nitrogens with zero attached hydrogens (tertiary/aromatic N) is 2. The van der Waals surface area contributed by atoms with Crippen LogP contribution in [0.4, 0.5) is 5.82 Å². The minimum Gasteiger partial charge on any atom is -0.412 e. The first-order valence-electron chi connectivity index (χ1n) is 10.5. The summed E-state index contributed by atoms with van der Waals surface area (Å²) in [6.45, 7) is 11.8. The van der Waals surface area contributed by atoms with E-state index in [0.29, 0.717) is 6.61 Å². The van der Waals surface area contributed by atoms with Crippen molar-refractivity contribution in [3.05, 3.63) is 58.8 Å². The normalized spacial score (nSPS) is 14.6. The van der Waals surface area contributed by atoms with Crippen LogP contribution in [0, 0.1) is 0 Å². The maximum absolute atomic E-state index is 6.49. The molecule has 1 aliphatic rings. The molecule has 3 rings (SSSR count). The molecule has 30 heavy (non-hydrogen) atoms. The van der Waals surface area contributed by atoms with Gasteiger partial charge >= 0.3 is 0 Å². The highest BCUT2D eigenvalue weighted by molar-refractivity contribution is 6.74. The van der Waals surface area contributed by atoms with Crippen LogP contribution in [0.15, 0.2) is 41.4 Å². The smallest absolute Gasteiger partial charge is 0.200 e. The fourth-order valence-corrected chi connectivity index (χ4v) is 4.23. The topological polar surface area (TPSA) is 52.9 Å². The van der Waals surface area contributed by atoms with Gasteiger partial charge in [-0.2, -0.15) is 0 Å². The van der Waals surface area contributed by atoms with Gasteiger partial charge in [-0.05, 0) is 48.2 Å². The Bertz CT molecular complexity index is 901. The lowest BCUT2D eigenvalue weighted by Gasteiger charge is -2.36. The van der Waals surface area contributed by atoms with Crippen molar-refractivity contribution in [1.82, 2.24) is 4.98 Å². The maximum Gasteiger partial charge on any atom is 0.200 e. The first-order chi connectivity index (χ1) is 14.2. The zero-order valence-corrected chi connectivity index (χ0v) is 20.3. The minimum atomic E-state index is -1.89. The van der Waals surface area contributed by atoms with Gasteiger partial charge in [0.05, 0.1) is 12.3 Å². The Balaban J connectivity index is 1.98. The number of hydrogen-bond acceptors (Lipinski definition) is 5. The van der Waals surface area contributed by atoms with E-state index in [1.165, 1.54) is 0 Å². The van der Waals surface area contributed by atoms with E-state index in [-0.39, 0.29) is 5.04 Å². The number of methoxy groups -OCH3 is 2. The van der Waals surface area contributed by atoms with E-state index in [2.05, 4.69) is 52.1 Å². The largest absolute Gasteiger partial charge is 0.412 e. The van der Waals surface area contributed by atoms with Crippen LogP contribution in [0.1, 0.15) is 55.9 Å². The average Bonchev–Trinajstić information content (AvgIpc) is 2.72. The standard InChI is InChI=1S/C24H34N2O3Si/c1-24(2,3)30(6,7)29-16-19-15-18-13-14-20(17-11-9-8-10-12-17)25-22(18)26-21(19)23(27-4)28-5/h8-12,15,23H,13-14,16H2,1-7H3. The number of aliphatic imine (C=N–C) groups is 1. The summed E-state index contributed by atoms with van der Waals surface area (Å²) in [7, 11) is 1.37. The fraction of sp³-hybridized carbons (Fsp3) is 0.500. The minimum absolute atomic E-state index is 0.144. The summed E-state index contributed by atoms with van der Waals surface area (Å²) in [5.41, 5.74) is 5.13. The highest BCUT2D eigenvalue weighted by Crippen LogP contribution is 2.38. The third kappa shape index (κ3) is 4.89. The second-order valence-electron chi connectivity index (χ2n) is 9.29. The molecule has 1 aromatic carbocycles. The molecule has 0 aliphatic carbocycles. The number of rotatable bonds is 7. The Hall–Kier alpha value is -1.86. The molecule has 5 nitrogen and oxygen atoms in total. The van der Waals surface area contributed by atoms with E-state index in [4.69, 9.17) is 23.9 Å². The predicted molar refractivity (Wildman–Crippen MR) is 124 cm³/mol. The molecule has 6 heteroatoms. The number of fused-ring (bicyclic) bond motifs is 1. The van der Waals surface area contributed by atoms with Crippen LogP contribution in [-0.2, 0) is 26.9 Å². The second-order valence-corrected chi connectivity index (χ2v) is 14.1. The van der Waals surface area contributed by atoms with Crippen LogP contribution in [0.25, 0.3) is 0 Å². The second kappa shape index (κ2) is 9.10. The summed E-state index contributed by atoms with van der Waals surface area (Å²) in [5, 5.41) is 0.144. The lowest BCUT2D eigenvalue weighted by atomic mass is 9.97. The van der Waals surface area contributed by atoms with Gasteiger partial charge in [0.2, 0.25) is 6.29 Å². The number of aryl methyl sites for hydroxylation is 1. The molecule has 0 bridgehead atoms. The summed E-state index contributed by atoms with van der Waals surface area (Å²) in [5.74, 6) is 0.755. The molecule has 0 radical (unpaired) electrons. The molecule has 0 fully saturated rings. The Morgan fingerprint density at radius 2 is 1.70 bits per heavy atom. The molecule has 0 amide bonds. The van der Waals surface area contributed by atoms with Gasteiger partial charge in [0.25, 0.3) is 0 Å². The van der Waals surface area contributed by atoms with Gasteiger partial charge in [0.15, 0.2) is 14.1 Å². The van der Waals surface area contributed by atoms with Gasteiger partial charge in [0.1, 0.15) is 5.69 Å². The molecular formula is C24H34N2O3Si. The van der Waals surface area contributed by atoms with E-state index in [0.717, 1.165) is 46.8 Å². The lowest BCUT2D eigenvalue weighted by molar-refractivity contribution is -0.109. The molecule has 0 N–H and O–H groups in total. The van der Waals surface area contributed by atoms with Crippen LogP contribution >= 0.6 is 0 Å². The van der Waals surface area contributed by atoms with Crippen molar-refractivity contribution in [1.29, 1.82) is 0 Å². The quantitative estimate of drug-likeness (QED) is 0.405. The average molecular weight is 427 g/mol. The molecular weight excluding hydrogens is 392 g/mol. The van der Waals surface area contributed by atoms with Crippen LogP contribution in [-0.4, -0.2) is 33.2 Å². The fourth-order valence-electron chi connectivity index (χ4n) is 3.28. The van der Waals surface area contributed by atoms with Crippen molar-refractivity contribution < 1.29 is 13.9 Å². The molecule has 0 saturated heterocycles. The first kappa shape index (κ1) is 22.8. The first-order valence-corrected chi connectivity index (χ1v) is 13.4. The highest BCUT2D eigenvalue weighted by Gasteiger charge is 2.37. The van der Waals surface area contributed by atoms with Crippen molar-refractivity contribution in [2.45, 2.75) is 64.6 Å². The number of hydrogen-bond donors (Lipinski definition) is 0. The number of ether oxygens (including phenoxy) is 2. The third-order valence-electron chi connectivity index (χ3n) is 6.22. The summed E-state index contributed by atoms with van der Waals surface area (Å²) in [4.78, 5) is 9.77. The van der Waals surface area contributed by atoms with E-state index in [9.17, 15) is 0 Å². The van der Waals surface area contributed by atoms with Gasteiger partial charge in [0, 0.05) is 19.8 Å². The number of benzene rings is 1. The highest BCUT2D eigenvalue weighted by atomic mass is 28.4. The lowest BCUT2D eigenvalue weighted by Crippen LogP contribution is -2.40. The Morgan fingerprint density at radius 3 is 2.30 bits per heavy atom. The van der Waals surface area contributed by atoms with Gasteiger partial charge in [-0.25, -0.2) is 9.98 Å². The maximum atomic E-state index is 6.49. The molecule has 0 spiro atoms. The molecule has 0 unspecified atom stereocenters. The molecule has 0 atom stereocenters. The summed E-state index contributed by atoms with van der Waals surface area (Å²) in [6.07, 6.45) is 1.26. The molecule has 2 aromatic rings. The summed E-state index contributed by atoms with van der Waals surface area (Å²) < 4.78 is 17.6. The van der Waals surface area contributed by atoms with E-state index in [1.54, 1.807) is 14.2 Å². The Kier molecular flexibility index (Phi) is 6.92. The summed E-state index contributed by atoms with van der Waals surface area (Å²) >= 11 is 0. The molecule has 162 valence electrons.